The van der Waals surface area contributed by atoms with E-state index in [9.17, 15) is 0 Å². The molecule has 4 heteroatoms. The third-order valence-electron chi connectivity index (χ3n) is 1.13. The van der Waals surface area contributed by atoms with Crippen LogP contribution >= 0.6 is 22.9 Å². The van der Waals surface area contributed by atoms with Crippen LogP contribution in [0.2, 0.25) is 0 Å². The summed E-state index contributed by atoms with van der Waals surface area (Å²) >= 11 is 6.88. The lowest BCUT2D eigenvalue weighted by Crippen LogP contribution is -1.81. The largest absolute Gasteiger partial charge is 0.390 e. The summed E-state index contributed by atoms with van der Waals surface area (Å²) in [5.74, 6) is 6.28. The normalized spacial score (nSPS) is 9.17. The number of nitrogens with zero attached hydrogens (tertiary/aromatic N) is 1. The van der Waals surface area contributed by atoms with Gasteiger partial charge in [-0.1, -0.05) is 5.92 Å². The fraction of sp³-hybridized carbons (Fsp3) is 0.375. The van der Waals surface area contributed by atoms with Gasteiger partial charge in [-0.3, -0.25) is 0 Å². The molecule has 1 N–H and O–H groups in total. The second kappa shape index (κ2) is 5.15. The lowest BCUT2D eigenvalue weighted by Gasteiger charge is -1.80. The number of aromatic nitrogens is 1. The Morgan fingerprint density at radius 1 is 1.67 bits per heavy atom. The molecule has 1 heterocycles. The van der Waals surface area contributed by atoms with Crippen LogP contribution in [0.15, 0.2) is 5.38 Å². The summed E-state index contributed by atoms with van der Waals surface area (Å²) in [6, 6.07) is 0. The van der Waals surface area contributed by atoms with E-state index in [0.717, 1.165) is 5.01 Å². The average molecular weight is 202 g/mol. The molecule has 1 aromatic heterocycles. The molecule has 0 aliphatic heterocycles. The Hall–Kier alpha value is -0.560. The number of alkyl halides is 1. The monoisotopic (exact) mass is 201 g/mol. The van der Waals surface area contributed by atoms with Crippen molar-refractivity contribution in [2.45, 2.75) is 13.0 Å². The van der Waals surface area contributed by atoms with Crippen molar-refractivity contribution in [2.24, 2.45) is 0 Å². The number of rotatable bonds is 2. The van der Waals surface area contributed by atoms with E-state index < -0.39 is 0 Å². The van der Waals surface area contributed by atoms with Gasteiger partial charge in [0, 0.05) is 17.7 Å². The number of hydrogen-bond donors (Lipinski definition) is 1. The standard InChI is InChI=1S/C8H8ClNOS/c9-4-2-1-3-8-10-7(5-11)6-12-8/h6,11H,2,4-5H2. The average Bonchev–Trinajstić information content (AvgIpc) is 2.53. The molecule has 0 unspecified atom stereocenters. The minimum absolute atomic E-state index is 0.0202. The summed E-state index contributed by atoms with van der Waals surface area (Å²) in [4.78, 5) is 4.05. The van der Waals surface area contributed by atoms with Gasteiger partial charge in [-0.15, -0.1) is 22.9 Å². The summed E-state index contributed by atoms with van der Waals surface area (Å²) in [6.07, 6.45) is 0.676. The quantitative estimate of drug-likeness (QED) is 0.583. The van der Waals surface area contributed by atoms with Crippen LogP contribution in [0.4, 0.5) is 0 Å². The van der Waals surface area contributed by atoms with Gasteiger partial charge in [0.25, 0.3) is 0 Å². The summed E-state index contributed by atoms with van der Waals surface area (Å²) in [5, 5.41) is 11.2. The summed E-state index contributed by atoms with van der Waals surface area (Å²) in [6.45, 7) is -0.0202. The van der Waals surface area contributed by atoms with E-state index in [1.54, 1.807) is 5.38 Å². The third-order valence-corrected chi connectivity index (χ3v) is 2.12. The molecule has 1 rings (SSSR count). The molecule has 0 fully saturated rings. The van der Waals surface area contributed by atoms with Crippen LogP contribution in [0.3, 0.4) is 0 Å². The molecule has 2 nitrogen and oxygen atoms in total. The van der Waals surface area contributed by atoms with Crippen LogP contribution in [0.5, 0.6) is 0 Å². The van der Waals surface area contributed by atoms with E-state index in [1.165, 1.54) is 11.3 Å². The topological polar surface area (TPSA) is 33.1 Å². The zero-order chi connectivity index (χ0) is 8.81. The van der Waals surface area contributed by atoms with Gasteiger partial charge >= 0.3 is 0 Å². The Labute approximate surface area is 80.2 Å². The smallest absolute Gasteiger partial charge is 0.167 e. The summed E-state index contributed by atoms with van der Waals surface area (Å²) in [5.41, 5.74) is 0.676. The van der Waals surface area contributed by atoms with Crippen LogP contribution in [0.1, 0.15) is 17.1 Å². The van der Waals surface area contributed by atoms with Crippen LogP contribution in [0.25, 0.3) is 0 Å². The molecule has 0 bridgehead atoms. The van der Waals surface area contributed by atoms with Crippen LogP contribution < -0.4 is 0 Å². The van der Waals surface area contributed by atoms with E-state index in [-0.39, 0.29) is 6.61 Å². The maximum Gasteiger partial charge on any atom is 0.167 e. The van der Waals surface area contributed by atoms with E-state index in [4.69, 9.17) is 16.7 Å². The predicted molar refractivity (Wildman–Crippen MR) is 50.3 cm³/mol. The van der Waals surface area contributed by atoms with Crippen LogP contribution in [-0.2, 0) is 6.61 Å². The molecule has 0 aromatic carbocycles. The van der Waals surface area contributed by atoms with Gasteiger partial charge < -0.3 is 5.11 Å². The summed E-state index contributed by atoms with van der Waals surface area (Å²) < 4.78 is 0. The molecular weight excluding hydrogens is 194 g/mol. The van der Waals surface area contributed by atoms with Crippen LogP contribution in [0, 0.1) is 11.8 Å². The minimum Gasteiger partial charge on any atom is -0.390 e. The molecule has 64 valence electrons. The van der Waals surface area contributed by atoms with E-state index >= 15 is 0 Å². The molecule has 0 saturated carbocycles. The Bertz CT molecular complexity index is 299. The Morgan fingerprint density at radius 3 is 3.08 bits per heavy atom. The van der Waals surface area contributed by atoms with Gasteiger partial charge in [0.15, 0.2) is 5.01 Å². The molecule has 0 saturated heterocycles. The minimum atomic E-state index is -0.0202. The zero-order valence-corrected chi connectivity index (χ0v) is 7.95. The number of aliphatic hydroxyl groups is 1. The van der Waals surface area contributed by atoms with Crippen molar-refractivity contribution < 1.29 is 5.11 Å². The van der Waals surface area contributed by atoms with Crippen molar-refractivity contribution in [1.29, 1.82) is 0 Å². The highest BCUT2D eigenvalue weighted by Gasteiger charge is 1.95. The second-order valence-corrected chi connectivity index (χ2v) is 3.28. The van der Waals surface area contributed by atoms with Crippen molar-refractivity contribution in [2.75, 3.05) is 5.88 Å². The van der Waals surface area contributed by atoms with Crippen molar-refractivity contribution in [1.82, 2.24) is 4.98 Å². The Balaban J connectivity index is 2.59. The Kier molecular flexibility index (Phi) is 4.09. The highest BCUT2D eigenvalue weighted by Crippen LogP contribution is 2.07. The number of halogens is 1. The van der Waals surface area contributed by atoms with Crippen molar-refractivity contribution >= 4 is 22.9 Å². The van der Waals surface area contributed by atoms with Gasteiger partial charge in [0.05, 0.1) is 12.3 Å². The SMILES string of the molecule is OCc1csc(C#CCCCl)n1. The highest BCUT2D eigenvalue weighted by atomic mass is 35.5. The third kappa shape index (κ3) is 2.82. The molecule has 0 aliphatic carbocycles. The molecule has 0 spiro atoms. The van der Waals surface area contributed by atoms with Crippen molar-refractivity contribution in [3.05, 3.63) is 16.1 Å². The first-order valence-electron chi connectivity index (χ1n) is 3.47. The first-order chi connectivity index (χ1) is 5.86. The van der Waals surface area contributed by atoms with Crippen molar-refractivity contribution in [3.8, 4) is 11.8 Å². The van der Waals surface area contributed by atoms with Crippen LogP contribution in [-0.4, -0.2) is 16.0 Å². The summed E-state index contributed by atoms with van der Waals surface area (Å²) in [7, 11) is 0. The van der Waals surface area contributed by atoms with Crippen molar-refractivity contribution in [3.63, 3.8) is 0 Å². The van der Waals surface area contributed by atoms with Gasteiger partial charge in [-0.25, -0.2) is 4.98 Å². The molecule has 1 aromatic rings. The fourth-order valence-electron chi connectivity index (χ4n) is 0.622. The maximum atomic E-state index is 8.70. The molecule has 0 amide bonds. The highest BCUT2D eigenvalue weighted by molar-refractivity contribution is 7.10. The first kappa shape index (κ1) is 9.53. The lowest BCUT2D eigenvalue weighted by molar-refractivity contribution is 0.277. The van der Waals surface area contributed by atoms with Gasteiger partial charge in [0.2, 0.25) is 0 Å². The number of thiazole rings is 1. The zero-order valence-electron chi connectivity index (χ0n) is 6.38. The molecule has 0 radical (unpaired) electrons. The lowest BCUT2D eigenvalue weighted by atomic mass is 10.5. The molecule has 12 heavy (non-hydrogen) atoms. The molecule has 0 aliphatic rings. The van der Waals surface area contributed by atoms with Gasteiger partial charge in [0.1, 0.15) is 0 Å². The second-order valence-electron chi connectivity index (χ2n) is 2.04. The van der Waals surface area contributed by atoms with Gasteiger partial charge in [-0.05, 0) is 5.92 Å². The maximum absolute atomic E-state index is 8.70. The molecular formula is C8H8ClNOS. The number of aliphatic hydroxyl groups excluding tert-OH is 1. The first-order valence-corrected chi connectivity index (χ1v) is 4.88. The fourth-order valence-corrected chi connectivity index (χ4v) is 1.39. The van der Waals surface area contributed by atoms with E-state index in [2.05, 4.69) is 16.8 Å². The van der Waals surface area contributed by atoms with E-state index in [0.29, 0.717) is 18.0 Å². The predicted octanol–water partition coefficient (Wildman–Crippen LogP) is 1.62. The molecule has 0 atom stereocenters. The van der Waals surface area contributed by atoms with Gasteiger partial charge in [-0.2, -0.15) is 0 Å². The van der Waals surface area contributed by atoms with E-state index in [1.807, 2.05) is 0 Å². The number of hydrogen-bond acceptors (Lipinski definition) is 3. The Morgan fingerprint density at radius 2 is 2.50 bits per heavy atom.